The van der Waals surface area contributed by atoms with Crippen molar-refractivity contribution >= 4 is 47.9 Å². The molecule has 5 aromatic carbocycles. The minimum absolute atomic E-state index is 0.0330. The number of rotatable bonds is 26. The number of fused-ring (bicyclic) bond motifs is 2. The van der Waals surface area contributed by atoms with Gasteiger partial charge in [0.25, 0.3) is 5.69 Å². The Morgan fingerprint density at radius 3 is 1.43 bits per heavy atom. The van der Waals surface area contributed by atoms with Crippen LogP contribution < -0.4 is 24.8 Å². The monoisotopic (exact) mass is 1360 g/mol. The molecule has 4 saturated heterocycles. The number of hydrogen-bond donors (Lipinski definition) is 4. The number of nitriles is 2. The number of nitro benzene ring substituents is 1. The zero-order chi connectivity index (χ0) is 69.1. The van der Waals surface area contributed by atoms with Gasteiger partial charge in [0.2, 0.25) is 0 Å². The van der Waals surface area contributed by atoms with E-state index in [0.717, 1.165) is 45.3 Å². The molecule has 0 bridgehead atoms. The zero-order valence-electron chi connectivity index (χ0n) is 53.1. The molecular weight excluding hydrogens is 1280 g/mol. The van der Waals surface area contributed by atoms with Gasteiger partial charge in [0.05, 0.1) is 93.8 Å². The summed E-state index contributed by atoms with van der Waals surface area (Å²) >= 11 is 2.90. The highest BCUT2D eigenvalue weighted by molar-refractivity contribution is 7.97. The van der Waals surface area contributed by atoms with Gasteiger partial charge < -0.3 is 68.2 Å². The summed E-state index contributed by atoms with van der Waals surface area (Å²) in [6.45, 7) is 8.57. The first-order chi connectivity index (χ1) is 45.9. The highest BCUT2D eigenvalue weighted by Crippen LogP contribution is 2.35. The second-order valence-electron chi connectivity index (χ2n) is 22.4. The maximum absolute atomic E-state index is 12.9. The molecule has 4 N–H and O–H groups in total. The van der Waals surface area contributed by atoms with Gasteiger partial charge in [-0.05, 0) is 142 Å². The van der Waals surface area contributed by atoms with E-state index in [0.29, 0.717) is 58.6 Å². The maximum atomic E-state index is 12.9. The predicted octanol–water partition coefficient (Wildman–Crippen LogP) is 9.80. The lowest BCUT2D eigenvalue weighted by Crippen LogP contribution is -2.50. The SMILES string of the molecule is COc1ccc(SN(CCC#N)C[C@@H](O)[C@H](Cc2ccccc2)NC(=O)OC(C)(C)C)cc1.COc1ccc(SN(CCC#N)C[C@@H](O)[C@H](Cc2ccccc2)NC(=O)O[C@H]2CO[C@H]3OCC[C@H]32)cc1.O=C(Oc1ccc([N+](=O)[O-])cc1)OC1COC2OCCC12.O=O.O=O. The number of nitro groups is 1. The van der Waals surface area contributed by atoms with Gasteiger partial charge in [0.1, 0.15) is 35.1 Å². The van der Waals surface area contributed by atoms with E-state index in [2.05, 4.69) is 22.8 Å². The fraction of sp³-hybridized carbons (Fsp3) is 0.462. The summed E-state index contributed by atoms with van der Waals surface area (Å²) in [7, 11) is 3.23. The molecule has 95 heavy (non-hydrogen) atoms. The van der Waals surface area contributed by atoms with Crippen molar-refractivity contribution in [2.75, 3.05) is 66.8 Å². The molecule has 28 nitrogen and oxygen atoms in total. The van der Waals surface area contributed by atoms with Crippen LogP contribution in [0.15, 0.2) is 143 Å². The minimum Gasteiger partial charge on any atom is -0.497 e. The number of nitrogens with one attached hydrogen (secondary N) is 2. The van der Waals surface area contributed by atoms with Crippen LogP contribution in [-0.4, -0.2) is 164 Å². The number of carbonyl (C=O) groups is 3. The van der Waals surface area contributed by atoms with Gasteiger partial charge in [-0.15, -0.1) is 0 Å². The number of aliphatic hydroxyl groups excluding tert-OH is 2. The van der Waals surface area contributed by atoms with E-state index in [9.17, 15) is 34.7 Å². The number of alkyl carbamates (subject to hydrolysis) is 2. The quantitative estimate of drug-likeness (QED) is 0.00998. The summed E-state index contributed by atoms with van der Waals surface area (Å²) in [5, 5.41) is 56.9. The van der Waals surface area contributed by atoms with Crippen LogP contribution in [0.2, 0.25) is 0 Å². The van der Waals surface area contributed by atoms with Crippen LogP contribution in [0.1, 0.15) is 57.6 Å². The molecule has 4 aliphatic heterocycles. The van der Waals surface area contributed by atoms with Gasteiger partial charge in [-0.1, -0.05) is 60.7 Å². The third kappa shape index (κ3) is 27.0. The van der Waals surface area contributed by atoms with E-state index < -0.39 is 53.2 Å². The van der Waals surface area contributed by atoms with Crippen LogP contribution in [0.3, 0.4) is 0 Å². The topological polar surface area (TPSA) is 374 Å². The van der Waals surface area contributed by atoms with Crippen molar-refractivity contribution < 1.29 is 76.9 Å². The summed E-state index contributed by atoms with van der Waals surface area (Å²) < 4.78 is 57.4. The second-order valence-corrected chi connectivity index (χ2v) is 24.7. The number of ether oxygens (including phenoxy) is 10. The van der Waals surface area contributed by atoms with E-state index in [1.807, 2.05) is 118 Å². The van der Waals surface area contributed by atoms with Gasteiger partial charge in [-0.3, -0.25) is 10.1 Å². The van der Waals surface area contributed by atoms with Crippen molar-refractivity contribution in [1.82, 2.24) is 19.2 Å². The zero-order valence-corrected chi connectivity index (χ0v) is 54.7. The molecular formula is C65H79N7O21S2. The Morgan fingerprint density at radius 1 is 0.621 bits per heavy atom. The number of aliphatic hydroxyl groups is 2. The van der Waals surface area contributed by atoms with Crippen LogP contribution >= 0.6 is 23.9 Å². The molecule has 512 valence electrons. The van der Waals surface area contributed by atoms with Crippen LogP contribution in [0.5, 0.6) is 17.2 Å². The van der Waals surface area contributed by atoms with Crippen LogP contribution in [0, 0.1) is 64.5 Å². The van der Waals surface area contributed by atoms with Crippen LogP contribution in [0.25, 0.3) is 0 Å². The summed E-state index contributed by atoms with van der Waals surface area (Å²) in [5.74, 6) is 1.76. The first kappa shape index (κ1) is 77.2. The Morgan fingerprint density at radius 2 is 1.03 bits per heavy atom. The lowest BCUT2D eigenvalue weighted by atomic mass is 10.0. The second kappa shape index (κ2) is 41.3. The van der Waals surface area contributed by atoms with Gasteiger partial charge in [0, 0.05) is 80.8 Å². The van der Waals surface area contributed by atoms with E-state index in [4.69, 9.17) is 77.8 Å². The van der Waals surface area contributed by atoms with Gasteiger partial charge in [-0.25, -0.2) is 23.0 Å². The number of non-ortho nitro benzene ring substituents is 1. The van der Waals surface area contributed by atoms with Crippen molar-refractivity contribution in [2.24, 2.45) is 11.8 Å². The van der Waals surface area contributed by atoms with Gasteiger partial charge in [-0.2, -0.15) is 10.5 Å². The molecule has 4 fully saturated rings. The third-order valence-corrected chi connectivity index (χ3v) is 16.7. The molecule has 0 aliphatic carbocycles. The standard InChI is InChI=1S/C27H33N3O6S.C25H33N3O4S.C13H13NO7.2O2/c1-33-20-8-10-21(11-9-20)37-30(14-5-13-28)17-24(31)23(16-19-6-3-2-4-7-19)29-27(32)36-25-18-35-26-22(25)12-15-34-26;1-25(2,3)32-24(30)27-22(17-19-9-6-5-7-10-19)23(29)18-28(16-8-15-26)33-21-13-11-20(31-4)12-14-21;15-13(20-9-3-1-8(2-4-9)14(16)17)21-11-7-19-12-10(11)5-6-18-12;2*1-2/h2-4,6-11,22-26,31H,5,12,14-18H2,1H3,(H,29,32);5-7,9-14,22-23,29H,8,16-18H2,1-4H3,(H,27,30);1-4,10-12H,5-7H2;;/t22-,23-,24+,25-,26+;22-,23+;;;/m00.../s1. The normalized spacial score (nSPS) is 19.3. The maximum Gasteiger partial charge on any atom is 0.514 e. The van der Waals surface area contributed by atoms with E-state index in [-0.39, 0.29) is 67.8 Å². The molecule has 4 aliphatic rings. The van der Waals surface area contributed by atoms with Crippen molar-refractivity contribution in [3.8, 4) is 29.4 Å². The van der Waals surface area contributed by atoms with Crippen molar-refractivity contribution in [1.29, 1.82) is 10.5 Å². The first-order valence-corrected chi connectivity index (χ1v) is 31.6. The number of hydrogen-bond acceptors (Lipinski definition) is 27. The number of methoxy groups -OCH3 is 2. The minimum atomic E-state index is -0.917. The highest BCUT2D eigenvalue weighted by atomic mass is 32.2. The van der Waals surface area contributed by atoms with E-state index >= 15 is 0 Å². The Labute approximate surface area is 558 Å². The fourth-order valence-electron chi connectivity index (χ4n) is 10.0. The molecule has 5 aromatic rings. The molecule has 9 rings (SSSR count). The van der Waals surface area contributed by atoms with Gasteiger partial charge in [0.15, 0.2) is 12.6 Å². The molecule has 3 unspecified atom stereocenters. The van der Waals surface area contributed by atoms with Crippen molar-refractivity contribution in [3.05, 3.63) is 175 Å². The van der Waals surface area contributed by atoms with Gasteiger partial charge >= 0.3 is 18.3 Å². The molecule has 4 heterocycles. The third-order valence-electron chi connectivity index (χ3n) is 14.6. The molecule has 2 amide bonds. The lowest BCUT2D eigenvalue weighted by Gasteiger charge is -2.30. The number of carbonyl (C=O) groups excluding carboxylic acids is 3. The molecule has 30 heteroatoms. The summed E-state index contributed by atoms with van der Waals surface area (Å²) in [6.07, 6.45) is -2.15. The highest BCUT2D eigenvalue weighted by Gasteiger charge is 2.45. The lowest BCUT2D eigenvalue weighted by molar-refractivity contribution is -0.384. The summed E-state index contributed by atoms with van der Waals surface area (Å²) in [6, 6.07) is 42.9. The number of nitrogens with zero attached hydrogens (tertiary/aromatic N) is 5. The first-order valence-electron chi connectivity index (χ1n) is 30.1. The molecule has 0 spiro atoms. The Bertz CT molecular complexity index is 3170. The van der Waals surface area contributed by atoms with Crippen molar-refractivity contribution in [2.45, 2.75) is 124 Å². The van der Waals surface area contributed by atoms with Crippen LogP contribution in [-0.2, 0) is 46.0 Å². The number of benzene rings is 5. The Hall–Kier alpha value is -8.53. The predicted molar refractivity (Wildman–Crippen MR) is 349 cm³/mol. The molecule has 0 aromatic heterocycles. The summed E-state index contributed by atoms with van der Waals surface area (Å²) in [5.41, 5.74) is 1.25. The van der Waals surface area contributed by atoms with E-state index in [1.165, 1.54) is 48.2 Å². The van der Waals surface area contributed by atoms with Crippen molar-refractivity contribution in [3.63, 3.8) is 0 Å². The van der Waals surface area contributed by atoms with E-state index in [1.54, 1.807) is 35.0 Å². The molecule has 0 saturated carbocycles. The average Bonchev–Trinajstić information content (AvgIpc) is 1.71. The largest absolute Gasteiger partial charge is 0.514 e. The fourth-order valence-corrected chi connectivity index (χ4v) is 11.9. The Kier molecular flexibility index (Phi) is 33.6. The smallest absolute Gasteiger partial charge is 0.497 e. The average molecular weight is 1360 g/mol. The number of amides is 2. The van der Waals surface area contributed by atoms with Crippen LogP contribution in [0.4, 0.5) is 20.1 Å². The Balaban J connectivity index is 0.000000259. The molecule has 10 atom stereocenters. The molecule has 0 radical (unpaired) electrons. The summed E-state index contributed by atoms with van der Waals surface area (Å²) in [4.78, 5) is 76.9.